The quantitative estimate of drug-likeness (QED) is 0.796. The molecule has 0 saturated carbocycles. The molecule has 2 nitrogen and oxygen atoms in total. The van der Waals surface area contributed by atoms with E-state index in [1.165, 1.54) is 0 Å². The summed E-state index contributed by atoms with van der Waals surface area (Å²) in [4.78, 5) is 4.31. The Morgan fingerprint density at radius 2 is 2.44 bits per heavy atom. The number of pyridine rings is 1. The van der Waals surface area contributed by atoms with E-state index >= 15 is 0 Å². The van der Waals surface area contributed by atoms with Gasteiger partial charge in [-0.2, -0.15) is 0 Å². The number of aromatic nitrogens is 1. The first-order valence-electron chi connectivity index (χ1n) is 5.54. The molecule has 1 aromatic heterocycles. The summed E-state index contributed by atoms with van der Waals surface area (Å²) in [5, 5.41) is 0.734. The highest BCUT2D eigenvalue weighted by molar-refractivity contribution is 9.09. The molecule has 16 heavy (non-hydrogen) atoms. The summed E-state index contributed by atoms with van der Waals surface area (Å²) in [6.07, 6.45) is 7.32. The largest absolute Gasteiger partial charge is 0.374 e. The highest BCUT2D eigenvalue weighted by Crippen LogP contribution is 2.28. The van der Waals surface area contributed by atoms with Crippen LogP contribution in [0.15, 0.2) is 18.5 Å². The van der Waals surface area contributed by atoms with Crippen LogP contribution < -0.4 is 0 Å². The van der Waals surface area contributed by atoms with Crippen molar-refractivity contribution in [2.45, 2.75) is 43.2 Å². The van der Waals surface area contributed by atoms with Crippen LogP contribution in [0.25, 0.3) is 0 Å². The first kappa shape index (κ1) is 12.3. The van der Waals surface area contributed by atoms with E-state index in [9.17, 15) is 0 Å². The van der Waals surface area contributed by atoms with Crippen molar-refractivity contribution in [2.24, 2.45) is 0 Å². The Morgan fingerprint density at radius 1 is 1.62 bits per heavy atom. The summed E-state index contributed by atoms with van der Waals surface area (Å²) >= 11 is 9.78. The third-order valence-electron chi connectivity index (χ3n) is 2.94. The molecule has 0 radical (unpaired) electrons. The molecule has 1 aliphatic heterocycles. The van der Waals surface area contributed by atoms with Crippen LogP contribution >= 0.6 is 27.5 Å². The number of hydrogen-bond acceptors (Lipinski definition) is 2. The van der Waals surface area contributed by atoms with Crippen molar-refractivity contribution in [1.82, 2.24) is 4.98 Å². The van der Waals surface area contributed by atoms with Crippen LogP contribution in [0.1, 0.15) is 25.3 Å². The zero-order chi connectivity index (χ0) is 11.5. The van der Waals surface area contributed by atoms with Gasteiger partial charge in [0.25, 0.3) is 0 Å². The fourth-order valence-corrected chi connectivity index (χ4v) is 2.94. The monoisotopic (exact) mass is 303 g/mol. The van der Waals surface area contributed by atoms with E-state index in [-0.39, 0.29) is 0 Å². The van der Waals surface area contributed by atoms with Crippen LogP contribution in [-0.4, -0.2) is 22.0 Å². The molecule has 3 unspecified atom stereocenters. The number of rotatable bonds is 3. The maximum atomic E-state index is 6.08. The third kappa shape index (κ3) is 2.96. The van der Waals surface area contributed by atoms with Crippen LogP contribution in [0, 0.1) is 0 Å². The Kier molecular flexibility index (Phi) is 4.22. The first-order chi connectivity index (χ1) is 7.66. The Balaban J connectivity index is 1.97. The molecule has 3 atom stereocenters. The van der Waals surface area contributed by atoms with E-state index < -0.39 is 0 Å². The van der Waals surface area contributed by atoms with Gasteiger partial charge in [0, 0.05) is 17.2 Å². The van der Waals surface area contributed by atoms with Gasteiger partial charge in [0.15, 0.2) is 0 Å². The highest BCUT2D eigenvalue weighted by atomic mass is 79.9. The SMILES string of the molecule is CC1CCC(C(Br)Cc2ccncc2Cl)O1. The molecule has 2 heterocycles. The van der Waals surface area contributed by atoms with Gasteiger partial charge in [-0.3, -0.25) is 4.98 Å². The molecule has 0 N–H and O–H groups in total. The number of alkyl halides is 1. The van der Waals surface area contributed by atoms with Crippen LogP contribution in [0.5, 0.6) is 0 Å². The molecule has 2 rings (SSSR count). The first-order valence-corrected chi connectivity index (χ1v) is 6.84. The molecule has 1 aliphatic rings. The van der Waals surface area contributed by atoms with Crippen molar-refractivity contribution < 1.29 is 4.74 Å². The number of ether oxygens (including phenoxy) is 1. The summed E-state index contributed by atoms with van der Waals surface area (Å²) in [6.45, 7) is 2.12. The third-order valence-corrected chi connectivity index (χ3v) is 4.19. The van der Waals surface area contributed by atoms with E-state index in [1.807, 2.05) is 6.07 Å². The minimum absolute atomic E-state index is 0.305. The summed E-state index contributed by atoms with van der Waals surface area (Å²) in [7, 11) is 0. The maximum absolute atomic E-state index is 6.08. The van der Waals surface area contributed by atoms with Crippen LogP contribution in [0.4, 0.5) is 0 Å². The van der Waals surface area contributed by atoms with Crippen molar-refractivity contribution in [3.05, 3.63) is 29.0 Å². The van der Waals surface area contributed by atoms with Crippen LogP contribution in [0.3, 0.4) is 0 Å². The fourth-order valence-electron chi connectivity index (χ4n) is 2.01. The van der Waals surface area contributed by atoms with E-state index in [0.717, 1.165) is 29.8 Å². The lowest BCUT2D eigenvalue weighted by Crippen LogP contribution is -2.22. The standard InChI is InChI=1S/C12H15BrClNO/c1-8-2-3-12(16-8)10(13)6-9-4-5-15-7-11(9)14/h4-5,7-8,10,12H,2-3,6H2,1H3. The minimum atomic E-state index is 0.305. The van der Waals surface area contributed by atoms with Gasteiger partial charge >= 0.3 is 0 Å². The fraction of sp³-hybridized carbons (Fsp3) is 0.583. The lowest BCUT2D eigenvalue weighted by molar-refractivity contribution is 0.0558. The van der Waals surface area contributed by atoms with Crippen molar-refractivity contribution in [2.75, 3.05) is 0 Å². The van der Waals surface area contributed by atoms with Gasteiger partial charge in [-0.05, 0) is 37.8 Å². The predicted octanol–water partition coefficient (Wildman–Crippen LogP) is 3.61. The normalized spacial score (nSPS) is 26.9. The molecule has 0 bridgehead atoms. The molecule has 88 valence electrons. The van der Waals surface area contributed by atoms with Gasteiger partial charge < -0.3 is 4.74 Å². The molecule has 0 amide bonds. The van der Waals surface area contributed by atoms with Gasteiger partial charge in [-0.1, -0.05) is 27.5 Å². The average molecular weight is 305 g/mol. The van der Waals surface area contributed by atoms with Gasteiger partial charge in [-0.15, -0.1) is 0 Å². The molecular formula is C12H15BrClNO. The molecule has 4 heteroatoms. The second-order valence-electron chi connectivity index (χ2n) is 4.25. The molecule has 0 aromatic carbocycles. The Hall–Kier alpha value is -0.120. The second-order valence-corrected chi connectivity index (χ2v) is 5.83. The zero-order valence-electron chi connectivity index (χ0n) is 9.20. The highest BCUT2D eigenvalue weighted by Gasteiger charge is 2.28. The van der Waals surface area contributed by atoms with E-state index in [0.29, 0.717) is 17.0 Å². The predicted molar refractivity (Wildman–Crippen MR) is 69.2 cm³/mol. The molecule has 0 aliphatic carbocycles. The summed E-state index contributed by atoms with van der Waals surface area (Å²) in [5.74, 6) is 0. The maximum Gasteiger partial charge on any atom is 0.0707 e. The van der Waals surface area contributed by atoms with E-state index in [1.54, 1.807) is 12.4 Å². The van der Waals surface area contributed by atoms with Crippen molar-refractivity contribution in [1.29, 1.82) is 0 Å². The summed E-state index contributed by atoms with van der Waals surface area (Å²) in [6, 6.07) is 1.97. The topological polar surface area (TPSA) is 22.1 Å². The van der Waals surface area contributed by atoms with Crippen molar-refractivity contribution in [3.8, 4) is 0 Å². The van der Waals surface area contributed by atoms with Crippen LogP contribution in [0.2, 0.25) is 5.02 Å². The van der Waals surface area contributed by atoms with Gasteiger partial charge in [0.2, 0.25) is 0 Å². The Labute approximate surface area is 109 Å². The molecule has 1 saturated heterocycles. The Bertz CT molecular complexity index is 361. The summed E-state index contributed by atoms with van der Waals surface area (Å²) < 4.78 is 5.83. The minimum Gasteiger partial charge on any atom is -0.374 e. The van der Waals surface area contributed by atoms with Gasteiger partial charge in [0.1, 0.15) is 0 Å². The van der Waals surface area contributed by atoms with Gasteiger partial charge in [-0.25, -0.2) is 0 Å². The van der Waals surface area contributed by atoms with Crippen LogP contribution in [-0.2, 0) is 11.2 Å². The lowest BCUT2D eigenvalue weighted by atomic mass is 10.1. The van der Waals surface area contributed by atoms with Crippen molar-refractivity contribution in [3.63, 3.8) is 0 Å². The van der Waals surface area contributed by atoms with E-state index in [2.05, 4.69) is 27.8 Å². The number of halogens is 2. The molecule has 1 aromatic rings. The second kappa shape index (κ2) is 5.48. The van der Waals surface area contributed by atoms with Crippen molar-refractivity contribution >= 4 is 27.5 Å². The number of nitrogens with zero attached hydrogens (tertiary/aromatic N) is 1. The smallest absolute Gasteiger partial charge is 0.0707 e. The summed E-state index contributed by atoms with van der Waals surface area (Å²) in [5.41, 5.74) is 1.13. The molecule has 1 fully saturated rings. The Morgan fingerprint density at radius 3 is 3.06 bits per heavy atom. The lowest BCUT2D eigenvalue weighted by Gasteiger charge is -2.18. The molecular weight excluding hydrogens is 289 g/mol. The zero-order valence-corrected chi connectivity index (χ0v) is 11.5. The van der Waals surface area contributed by atoms with E-state index in [4.69, 9.17) is 16.3 Å². The average Bonchev–Trinajstić information content (AvgIpc) is 2.68. The van der Waals surface area contributed by atoms with Gasteiger partial charge in [0.05, 0.1) is 17.2 Å². The molecule has 0 spiro atoms. The number of hydrogen-bond donors (Lipinski definition) is 0.